The molecule has 0 spiro atoms. The number of hydrogen-bond donors (Lipinski definition) is 4. The second-order valence-corrected chi connectivity index (χ2v) is 7.64. The highest BCUT2D eigenvalue weighted by Gasteiger charge is 2.14. The molecule has 0 radical (unpaired) electrons. The number of H-pyrrole nitrogens is 3. The molecule has 2 heterocycles. The number of hydrogen-bond acceptors (Lipinski definition) is 3. The number of amides is 2. The van der Waals surface area contributed by atoms with E-state index in [1.807, 2.05) is 60.7 Å². The van der Waals surface area contributed by atoms with Gasteiger partial charge in [-0.25, -0.2) is 15.0 Å². The molecule has 0 aliphatic heterocycles. The van der Waals surface area contributed by atoms with Gasteiger partial charge in [-0.2, -0.15) is 0 Å². The summed E-state index contributed by atoms with van der Waals surface area (Å²) in [5.41, 5.74) is 6.96. The van der Waals surface area contributed by atoms with E-state index in [9.17, 15) is 9.59 Å². The van der Waals surface area contributed by atoms with Crippen molar-refractivity contribution in [3.63, 3.8) is 0 Å². The Labute approximate surface area is 183 Å². The molecule has 5 N–H and O–H groups in total. The third-order valence-electron chi connectivity index (χ3n) is 5.11. The van der Waals surface area contributed by atoms with E-state index in [-0.39, 0.29) is 11.8 Å². The maximum atomic E-state index is 11.3. The first-order valence-corrected chi connectivity index (χ1v) is 10.2. The topological polar surface area (TPSA) is 117 Å². The summed E-state index contributed by atoms with van der Waals surface area (Å²) in [5, 5.41) is 5.57. The maximum Gasteiger partial charge on any atom is 0.285 e. The van der Waals surface area contributed by atoms with Crippen LogP contribution in [0, 0.1) is 0 Å². The Morgan fingerprint density at radius 1 is 0.781 bits per heavy atom. The fraction of sp³-hybridized carbons (Fsp3) is 0.0833. The summed E-state index contributed by atoms with van der Waals surface area (Å²) >= 11 is 0. The van der Waals surface area contributed by atoms with Crippen molar-refractivity contribution in [3.8, 4) is 22.8 Å². The average Bonchev–Trinajstić information content (AvgIpc) is 3.36. The van der Waals surface area contributed by atoms with Crippen molar-refractivity contribution in [1.82, 2.24) is 15.0 Å². The minimum Gasteiger partial charge on any atom is -0.338 e. The molecular weight excluding hydrogens is 404 g/mol. The van der Waals surface area contributed by atoms with E-state index in [4.69, 9.17) is 0 Å². The monoisotopic (exact) mass is 425 g/mol. The molecule has 8 nitrogen and oxygen atoms in total. The summed E-state index contributed by atoms with van der Waals surface area (Å²) in [7, 11) is 0. The summed E-state index contributed by atoms with van der Waals surface area (Å²) in [4.78, 5) is 37.3. The van der Waals surface area contributed by atoms with Gasteiger partial charge in [-0.15, -0.1) is 0 Å². The summed E-state index contributed by atoms with van der Waals surface area (Å²) in [6, 6.07) is 19.3. The number of carbonyl (C=O) groups excluding carboxylic acids is 2. The van der Waals surface area contributed by atoms with Crippen LogP contribution >= 0.6 is 0 Å². The summed E-state index contributed by atoms with van der Waals surface area (Å²) in [6.07, 6.45) is 0. The molecular formula is C24H21N6O2+. The first-order chi connectivity index (χ1) is 15.4. The molecule has 0 atom stereocenters. The molecule has 0 aliphatic rings. The van der Waals surface area contributed by atoms with Gasteiger partial charge in [0.25, 0.3) is 5.82 Å². The zero-order valence-electron chi connectivity index (χ0n) is 17.5. The summed E-state index contributed by atoms with van der Waals surface area (Å²) in [5.74, 6) is 1.41. The Morgan fingerprint density at radius 2 is 1.41 bits per heavy atom. The minimum absolute atomic E-state index is 0.104. The van der Waals surface area contributed by atoms with Gasteiger partial charge in [-0.3, -0.25) is 9.59 Å². The van der Waals surface area contributed by atoms with Crippen LogP contribution < -0.4 is 15.6 Å². The van der Waals surface area contributed by atoms with Crippen LogP contribution in [0.25, 0.3) is 44.8 Å². The lowest BCUT2D eigenvalue weighted by Crippen LogP contribution is -2.05. The molecule has 0 unspecified atom stereocenters. The number of aromatic nitrogens is 4. The van der Waals surface area contributed by atoms with Gasteiger partial charge in [0.2, 0.25) is 11.8 Å². The summed E-state index contributed by atoms with van der Waals surface area (Å²) < 4.78 is 0. The standard InChI is InChI=1S/C24H20N6O2/c1-13(31)25-17-7-9-19-21(11-17)29-23(27-19)15-3-5-16(6-4-15)24-28-20-10-8-18(26-14(2)32)12-22(20)30-24/h3-12H,1-2H3,(H,25,31)(H,26,32)(H,27,29)(H,28,30)/p+1. The van der Waals surface area contributed by atoms with Crippen molar-refractivity contribution < 1.29 is 14.6 Å². The van der Waals surface area contributed by atoms with Crippen LogP contribution in [0.5, 0.6) is 0 Å². The van der Waals surface area contributed by atoms with Crippen LogP contribution in [0.2, 0.25) is 0 Å². The molecule has 0 saturated heterocycles. The third-order valence-corrected chi connectivity index (χ3v) is 5.11. The van der Waals surface area contributed by atoms with Crippen molar-refractivity contribution in [1.29, 1.82) is 0 Å². The highest BCUT2D eigenvalue weighted by molar-refractivity contribution is 5.92. The van der Waals surface area contributed by atoms with Gasteiger partial charge in [0, 0.05) is 36.9 Å². The number of fused-ring (bicyclic) bond motifs is 2. The van der Waals surface area contributed by atoms with Crippen molar-refractivity contribution >= 4 is 45.3 Å². The highest BCUT2D eigenvalue weighted by Crippen LogP contribution is 2.26. The fourth-order valence-electron chi connectivity index (χ4n) is 3.70. The van der Waals surface area contributed by atoms with E-state index in [0.717, 1.165) is 56.2 Å². The molecule has 8 heteroatoms. The first kappa shape index (κ1) is 19.5. The van der Waals surface area contributed by atoms with Crippen molar-refractivity contribution in [2.45, 2.75) is 13.8 Å². The Hall–Kier alpha value is -4.46. The molecule has 158 valence electrons. The number of aromatic amines is 3. The minimum atomic E-state index is -0.111. The van der Waals surface area contributed by atoms with E-state index in [2.05, 4.69) is 30.6 Å². The molecule has 3 aromatic carbocycles. The molecule has 2 amide bonds. The van der Waals surface area contributed by atoms with Gasteiger partial charge in [0.1, 0.15) is 5.82 Å². The van der Waals surface area contributed by atoms with Crippen LogP contribution in [0.15, 0.2) is 60.7 Å². The van der Waals surface area contributed by atoms with Gasteiger partial charge < -0.3 is 15.6 Å². The number of rotatable bonds is 4. The number of imidazole rings is 2. The van der Waals surface area contributed by atoms with Gasteiger partial charge in [-0.05, 0) is 42.5 Å². The maximum absolute atomic E-state index is 11.3. The van der Waals surface area contributed by atoms with Crippen LogP contribution in [0.4, 0.5) is 11.4 Å². The lowest BCUT2D eigenvalue weighted by molar-refractivity contribution is -0.330. The second-order valence-electron chi connectivity index (χ2n) is 7.64. The average molecular weight is 425 g/mol. The van der Waals surface area contributed by atoms with Crippen LogP contribution in [0.1, 0.15) is 13.8 Å². The van der Waals surface area contributed by atoms with E-state index in [0.29, 0.717) is 0 Å². The number of benzene rings is 3. The highest BCUT2D eigenvalue weighted by atomic mass is 16.2. The Bertz CT molecular complexity index is 1370. The lowest BCUT2D eigenvalue weighted by atomic mass is 10.1. The molecule has 0 aliphatic carbocycles. The zero-order valence-corrected chi connectivity index (χ0v) is 17.5. The van der Waals surface area contributed by atoms with E-state index < -0.39 is 0 Å². The van der Waals surface area contributed by atoms with Crippen molar-refractivity contribution in [2.24, 2.45) is 0 Å². The number of carbonyl (C=O) groups is 2. The molecule has 0 saturated carbocycles. The second kappa shape index (κ2) is 7.66. The fourth-order valence-corrected chi connectivity index (χ4v) is 3.70. The smallest absolute Gasteiger partial charge is 0.285 e. The zero-order chi connectivity index (χ0) is 22.2. The first-order valence-electron chi connectivity index (χ1n) is 10.2. The Morgan fingerprint density at radius 3 is 2.09 bits per heavy atom. The lowest BCUT2D eigenvalue weighted by Gasteiger charge is -2.00. The molecule has 0 bridgehead atoms. The van der Waals surface area contributed by atoms with Crippen molar-refractivity contribution in [3.05, 3.63) is 60.7 Å². The Balaban J connectivity index is 1.42. The van der Waals surface area contributed by atoms with E-state index in [1.165, 1.54) is 13.8 Å². The van der Waals surface area contributed by atoms with Gasteiger partial charge >= 0.3 is 0 Å². The normalized spacial score (nSPS) is 11.1. The predicted molar refractivity (Wildman–Crippen MR) is 124 cm³/mol. The third kappa shape index (κ3) is 3.81. The number of nitrogens with zero attached hydrogens (tertiary/aromatic N) is 1. The van der Waals surface area contributed by atoms with Gasteiger partial charge in [0.05, 0.1) is 16.6 Å². The van der Waals surface area contributed by atoms with Gasteiger partial charge in [-0.1, -0.05) is 12.1 Å². The van der Waals surface area contributed by atoms with Crippen LogP contribution in [0.3, 0.4) is 0 Å². The molecule has 0 fully saturated rings. The van der Waals surface area contributed by atoms with Gasteiger partial charge in [0.15, 0.2) is 11.0 Å². The number of nitrogens with one attached hydrogen (secondary N) is 5. The van der Waals surface area contributed by atoms with E-state index >= 15 is 0 Å². The quantitative estimate of drug-likeness (QED) is 0.347. The molecule has 5 rings (SSSR count). The largest absolute Gasteiger partial charge is 0.338 e. The molecule has 5 aromatic rings. The molecule has 2 aromatic heterocycles. The SMILES string of the molecule is CC(=O)Nc1ccc2nc(-c3ccc(-c4[nH]c5cc(NC(C)=O)ccc5[nH+]4)cc3)[nH]c2c1. The molecule has 32 heavy (non-hydrogen) atoms. The summed E-state index contributed by atoms with van der Waals surface area (Å²) in [6.45, 7) is 2.97. The van der Waals surface area contributed by atoms with E-state index in [1.54, 1.807) is 0 Å². The Kier molecular flexibility index (Phi) is 4.67. The predicted octanol–water partition coefficient (Wildman–Crippen LogP) is 4.11. The van der Waals surface area contributed by atoms with Crippen LogP contribution in [-0.2, 0) is 9.59 Å². The van der Waals surface area contributed by atoms with Crippen LogP contribution in [-0.4, -0.2) is 26.8 Å². The van der Waals surface area contributed by atoms with Crippen molar-refractivity contribution in [2.75, 3.05) is 10.6 Å². The number of anilines is 2.